The van der Waals surface area contributed by atoms with Gasteiger partial charge in [0.05, 0.1) is 23.9 Å². The van der Waals surface area contributed by atoms with Crippen LogP contribution in [0.25, 0.3) is 0 Å². The topological polar surface area (TPSA) is 70.6 Å². The lowest BCUT2D eigenvalue weighted by Gasteiger charge is -2.29. The highest BCUT2D eigenvalue weighted by Crippen LogP contribution is 2.25. The van der Waals surface area contributed by atoms with Crippen molar-refractivity contribution in [2.75, 3.05) is 32.2 Å². The molecule has 0 aliphatic heterocycles. The molecule has 0 heterocycles. The maximum absolute atomic E-state index is 12.0. The minimum Gasteiger partial charge on any atom is -0.396 e. The number of amides is 1. The smallest absolute Gasteiger partial charge is 0.238 e. The van der Waals surface area contributed by atoms with E-state index < -0.39 is 5.54 Å². The zero-order valence-corrected chi connectivity index (χ0v) is 14.4. The SMILES string of the molecule is COC[C@@](C)(CCO)NCC(=O)Nc1ccc(Br)cc1Cl. The number of benzene rings is 1. The first kappa shape index (κ1) is 18.4. The summed E-state index contributed by atoms with van der Waals surface area (Å²) in [5, 5.41) is 15.4. The molecule has 0 bridgehead atoms. The summed E-state index contributed by atoms with van der Waals surface area (Å²) < 4.78 is 5.96. The van der Waals surface area contributed by atoms with Crippen LogP contribution in [-0.2, 0) is 9.53 Å². The molecular weight excluding hydrogens is 360 g/mol. The molecule has 0 aromatic heterocycles. The van der Waals surface area contributed by atoms with Gasteiger partial charge in [-0.3, -0.25) is 4.79 Å². The van der Waals surface area contributed by atoms with Crippen molar-refractivity contribution in [3.63, 3.8) is 0 Å². The highest BCUT2D eigenvalue weighted by Gasteiger charge is 2.24. The second-order valence-electron chi connectivity index (χ2n) is 4.99. The number of aliphatic hydroxyl groups is 1. The Morgan fingerprint density at radius 1 is 1.52 bits per heavy atom. The fourth-order valence-corrected chi connectivity index (χ4v) is 2.58. The van der Waals surface area contributed by atoms with Crippen molar-refractivity contribution in [1.82, 2.24) is 5.32 Å². The number of ether oxygens (including phenoxy) is 1. The third-order valence-corrected chi connectivity index (χ3v) is 3.81. The molecule has 0 aliphatic carbocycles. The fourth-order valence-electron chi connectivity index (χ4n) is 1.86. The third kappa shape index (κ3) is 6.32. The van der Waals surface area contributed by atoms with E-state index in [1.807, 2.05) is 6.92 Å². The van der Waals surface area contributed by atoms with Crippen molar-refractivity contribution < 1.29 is 14.6 Å². The van der Waals surface area contributed by atoms with Gasteiger partial charge < -0.3 is 20.5 Å². The van der Waals surface area contributed by atoms with Gasteiger partial charge in [0.15, 0.2) is 0 Å². The Bertz CT molecular complexity index is 479. The van der Waals surface area contributed by atoms with Crippen LogP contribution in [0.15, 0.2) is 22.7 Å². The Morgan fingerprint density at radius 2 is 2.24 bits per heavy atom. The van der Waals surface area contributed by atoms with Gasteiger partial charge in [-0.2, -0.15) is 0 Å². The van der Waals surface area contributed by atoms with E-state index in [1.165, 1.54) is 0 Å². The number of halogens is 2. The minimum absolute atomic E-state index is 0.0209. The number of carbonyl (C=O) groups is 1. The molecule has 118 valence electrons. The molecule has 0 radical (unpaired) electrons. The first-order chi connectivity index (χ1) is 9.90. The lowest BCUT2D eigenvalue weighted by atomic mass is 9.99. The summed E-state index contributed by atoms with van der Waals surface area (Å²) in [5.41, 5.74) is 0.104. The van der Waals surface area contributed by atoms with E-state index in [1.54, 1.807) is 25.3 Å². The van der Waals surface area contributed by atoms with E-state index in [-0.39, 0.29) is 19.1 Å². The van der Waals surface area contributed by atoms with Gasteiger partial charge in [-0.15, -0.1) is 0 Å². The van der Waals surface area contributed by atoms with Crippen LogP contribution in [0.5, 0.6) is 0 Å². The van der Waals surface area contributed by atoms with Crippen molar-refractivity contribution in [3.8, 4) is 0 Å². The lowest BCUT2D eigenvalue weighted by molar-refractivity contribution is -0.115. The number of methoxy groups -OCH3 is 1. The summed E-state index contributed by atoms with van der Waals surface area (Å²) in [5.74, 6) is -0.209. The van der Waals surface area contributed by atoms with Crippen molar-refractivity contribution in [2.45, 2.75) is 18.9 Å². The predicted molar refractivity (Wildman–Crippen MR) is 87.8 cm³/mol. The number of aliphatic hydroxyl groups excluding tert-OH is 1. The monoisotopic (exact) mass is 378 g/mol. The van der Waals surface area contributed by atoms with E-state index in [2.05, 4.69) is 26.6 Å². The molecule has 1 rings (SSSR count). The number of carbonyl (C=O) groups excluding carboxylic acids is 1. The first-order valence-corrected chi connectivity index (χ1v) is 7.67. The Kier molecular flexibility index (Phi) is 7.62. The molecular formula is C14H20BrClN2O3. The quantitative estimate of drug-likeness (QED) is 0.649. The molecule has 0 saturated carbocycles. The van der Waals surface area contributed by atoms with Crippen LogP contribution in [0.1, 0.15) is 13.3 Å². The molecule has 1 aromatic rings. The van der Waals surface area contributed by atoms with Crippen LogP contribution in [0.2, 0.25) is 5.02 Å². The van der Waals surface area contributed by atoms with Gasteiger partial charge in [0.25, 0.3) is 0 Å². The molecule has 0 fully saturated rings. The number of nitrogens with one attached hydrogen (secondary N) is 2. The van der Waals surface area contributed by atoms with Gasteiger partial charge in [-0.1, -0.05) is 27.5 Å². The normalized spacial score (nSPS) is 13.8. The zero-order chi connectivity index (χ0) is 15.9. The summed E-state index contributed by atoms with van der Waals surface area (Å²) in [7, 11) is 1.58. The second kappa shape index (κ2) is 8.70. The van der Waals surface area contributed by atoms with Crippen molar-refractivity contribution in [2.24, 2.45) is 0 Å². The Labute approximate surface area is 138 Å². The molecule has 0 saturated heterocycles. The van der Waals surface area contributed by atoms with Crippen molar-refractivity contribution >= 4 is 39.1 Å². The zero-order valence-electron chi connectivity index (χ0n) is 12.1. The summed E-state index contributed by atoms with van der Waals surface area (Å²) in [6, 6.07) is 5.24. The fraction of sp³-hybridized carbons (Fsp3) is 0.500. The highest BCUT2D eigenvalue weighted by atomic mass is 79.9. The Balaban J connectivity index is 2.56. The average Bonchev–Trinajstić information content (AvgIpc) is 2.40. The summed E-state index contributed by atoms with van der Waals surface area (Å²) >= 11 is 9.35. The van der Waals surface area contributed by atoms with Crippen LogP contribution in [0, 0.1) is 0 Å². The van der Waals surface area contributed by atoms with Gasteiger partial charge in [0.1, 0.15) is 0 Å². The second-order valence-corrected chi connectivity index (χ2v) is 6.32. The largest absolute Gasteiger partial charge is 0.396 e. The number of hydrogen-bond acceptors (Lipinski definition) is 4. The van der Waals surface area contributed by atoms with E-state index in [0.717, 1.165) is 4.47 Å². The van der Waals surface area contributed by atoms with E-state index in [0.29, 0.717) is 23.7 Å². The van der Waals surface area contributed by atoms with Crippen LogP contribution in [0.3, 0.4) is 0 Å². The van der Waals surface area contributed by atoms with E-state index >= 15 is 0 Å². The molecule has 0 aliphatic rings. The standard InChI is InChI=1S/C14H20BrClN2O3/c1-14(5-6-19,9-21-2)17-8-13(20)18-12-4-3-10(15)7-11(12)16/h3-4,7,17,19H,5-6,8-9H2,1-2H3,(H,18,20)/t14-/m1/s1. The van der Waals surface area contributed by atoms with Gasteiger partial charge in [0, 0.05) is 23.7 Å². The molecule has 1 atom stereocenters. The molecule has 3 N–H and O–H groups in total. The Morgan fingerprint density at radius 3 is 2.81 bits per heavy atom. The summed E-state index contributed by atoms with van der Waals surface area (Å²) in [6.07, 6.45) is 0.493. The number of hydrogen-bond donors (Lipinski definition) is 3. The van der Waals surface area contributed by atoms with Gasteiger partial charge in [0.2, 0.25) is 5.91 Å². The maximum Gasteiger partial charge on any atom is 0.238 e. The third-order valence-electron chi connectivity index (χ3n) is 3.01. The average molecular weight is 380 g/mol. The maximum atomic E-state index is 12.0. The molecule has 5 nitrogen and oxygen atoms in total. The van der Waals surface area contributed by atoms with Crippen LogP contribution >= 0.6 is 27.5 Å². The van der Waals surface area contributed by atoms with Gasteiger partial charge >= 0.3 is 0 Å². The molecule has 0 spiro atoms. The van der Waals surface area contributed by atoms with Crippen LogP contribution in [0.4, 0.5) is 5.69 Å². The van der Waals surface area contributed by atoms with Crippen LogP contribution in [-0.4, -0.2) is 43.4 Å². The lowest BCUT2D eigenvalue weighted by Crippen LogP contribution is -2.49. The minimum atomic E-state index is -0.454. The molecule has 7 heteroatoms. The first-order valence-electron chi connectivity index (χ1n) is 6.50. The summed E-state index contributed by atoms with van der Waals surface area (Å²) in [4.78, 5) is 12.0. The predicted octanol–water partition coefficient (Wildman–Crippen LogP) is 2.42. The van der Waals surface area contributed by atoms with Gasteiger partial charge in [-0.05, 0) is 31.5 Å². The number of rotatable bonds is 8. The molecule has 1 aromatic carbocycles. The van der Waals surface area contributed by atoms with E-state index in [4.69, 9.17) is 21.4 Å². The van der Waals surface area contributed by atoms with Crippen LogP contribution < -0.4 is 10.6 Å². The summed E-state index contributed by atoms with van der Waals surface area (Å²) in [6.45, 7) is 2.42. The highest BCUT2D eigenvalue weighted by molar-refractivity contribution is 9.10. The Hall–Kier alpha value is -0.660. The molecule has 1 amide bonds. The number of anilines is 1. The van der Waals surface area contributed by atoms with E-state index in [9.17, 15) is 4.79 Å². The molecule has 0 unspecified atom stereocenters. The molecule has 21 heavy (non-hydrogen) atoms. The van der Waals surface area contributed by atoms with Crippen molar-refractivity contribution in [1.29, 1.82) is 0 Å². The van der Waals surface area contributed by atoms with Crippen molar-refractivity contribution in [3.05, 3.63) is 27.7 Å². The van der Waals surface area contributed by atoms with Gasteiger partial charge in [-0.25, -0.2) is 0 Å².